The van der Waals surface area contributed by atoms with Crippen molar-refractivity contribution in [2.75, 3.05) is 4.90 Å². The summed E-state index contributed by atoms with van der Waals surface area (Å²) in [5, 5.41) is 13.6. The molecule has 0 amide bonds. The van der Waals surface area contributed by atoms with Gasteiger partial charge in [0.25, 0.3) is 0 Å². The zero-order valence-corrected chi connectivity index (χ0v) is 30.2. The summed E-state index contributed by atoms with van der Waals surface area (Å²) in [6.45, 7) is 17.5. The van der Waals surface area contributed by atoms with Crippen LogP contribution < -0.4 is 10.0 Å². The third-order valence-corrected chi connectivity index (χ3v) is 9.92. The average Bonchev–Trinajstić information content (AvgIpc) is 3.07. The van der Waals surface area contributed by atoms with E-state index in [9.17, 15) is 9.90 Å². The predicted molar refractivity (Wildman–Crippen MR) is 201 cm³/mol. The molecule has 2 aliphatic carbocycles. The summed E-state index contributed by atoms with van der Waals surface area (Å²) in [7, 11) is 0. The Hall–Kier alpha value is -4.44. The number of ketones is 1. The molecule has 0 N–H and O–H groups in total. The van der Waals surface area contributed by atoms with Gasteiger partial charge in [0, 0.05) is 65.2 Å². The highest BCUT2D eigenvalue weighted by atomic mass is 16.3. The van der Waals surface area contributed by atoms with Gasteiger partial charge in [-0.15, -0.1) is 0 Å². The molecule has 4 nitrogen and oxygen atoms in total. The number of allylic oxidation sites excluding steroid dienone is 7. The first-order valence-corrected chi connectivity index (χ1v) is 17.9. The van der Waals surface area contributed by atoms with E-state index in [0.717, 1.165) is 49.9 Å². The number of anilines is 2. The van der Waals surface area contributed by atoms with Gasteiger partial charge in [0.2, 0.25) is 11.4 Å². The molecule has 0 spiro atoms. The summed E-state index contributed by atoms with van der Waals surface area (Å²) in [5.41, 5.74) is 11.5. The maximum Gasteiger partial charge on any atom is 0.208 e. The number of hydrogen-bond donors (Lipinski definition) is 0. The van der Waals surface area contributed by atoms with Gasteiger partial charge in [-0.1, -0.05) is 81.3 Å². The third-order valence-electron chi connectivity index (χ3n) is 9.92. The van der Waals surface area contributed by atoms with Gasteiger partial charge in [-0.3, -0.25) is 4.79 Å². The first-order valence-electron chi connectivity index (χ1n) is 17.9. The summed E-state index contributed by atoms with van der Waals surface area (Å²) in [6.07, 6.45) is 14.4. The van der Waals surface area contributed by atoms with E-state index in [4.69, 9.17) is 0 Å². The van der Waals surface area contributed by atoms with Gasteiger partial charge < -0.3 is 10.0 Å². The lowest BCUT2D eigenvalue weighted by Crippen LogP contribution is -2.32. The second kappa shape index (κ2) is 15.2. The van der Waals surface area contributed by atoms with Crippen molar-refractivity contribution >= 4 is 34.1 Å². The van der Waals surface area contributed by atoms with Crippen LogP contribution in [0.3, 0.4) is 0 Å². The Kier molecular flexibility index (Phi) is 11.0. The molecule has 0 bridgehead atoms. The molecule has 2 atom stereocenters. The summed E-state index contributed by atoms with van der Waals surface area (Å²) >= 11 is 0. The summed E-state index contributed by atoms with van der Waals surface area (Å²) in [4.78, 5) is 16.0. The number of rotatable bonds is 12. The normalized spacial score (nSPS) is 15.6. The topological polar surface area (TPSA) is 46.4 Å². The lowest BCUT2D eigenvalue weighted by molar-refractivity contribution is -0.486. The largest absolute Gasteiger partial charge is 0.871 e. The SMILES string of the molecule is CCCC(CC)N(c1ccc(C2=C([O-])C(=C3C=CC(=[N+](c4ccc(C)cc4C)C(CC)CCC)C=C3)C2=O)cc1)c1ccc(C)cc1C. The van der Waals surface area contributed by atoms with Crippen molar-refractivity contribution in [2.45, 2.75) is 106 Å². The molecular formula is C44H52N2O2. The summed E-state index contributed by atoms with van der Waals surface area (Å²) in [6, 6.07) is 21.9. The van der Waals surface area contributed by atoms with E-state index in [1.165, 1.54) is 33.6 Å². The van der Waals surface area contributed by atoms with Crippen LogP contribution in [0.25, 0.3) is 5.57 Å². The van der Waals surface area contributed by atoms with Crippen LogP contribution in [0.5, 0.6) is 0 Å². The predicted octanol–water partition coefficient (Wildman–Crippen LogP) is 10.1. The zero-order valence-electron chi connectivity index (χ0n) is 30.2. The number of benzene rings is 3. The molecule has 4 heteroatoms. The smallest absolute Gasteiger partial charge is 0.208 e. The van der Waals surface area contributed by atoms with Crippen LogP contribution in [-0.4, -0.2) is 28.2 Å². The molecule has 48 heavy (non-hydrogen) atoms. The molecular weight excluding hydrogens is 588 g/mol. The molecule has 0 saturated heterocycles. The average molecular weight is 641 g/mol. The maximum atomic E-state index is 13.6. The standard InChI is InChI=1S/C44H52N2O2/c1-9-13-35(11-3)45(39-25-15-29(5)27-31(39)7)37-21-17-33(18-22-37)41-43(47)42(44(41)48)34-19-23-38(24-20-34)46(36(12-4)14-10-2)40-26-16-30(6)28-32(40)8/h15-28,35-36H,9-14H2,1-8H3. The number of Topliss-reactive ketones (excluding diaryl/α,β-unsaturated/α-hetero) is 1. The van der Waals surface area contributed by atoms with Gasteiger partial charge in [0.05, 0.1) is 0 Å². The van der Waals surface area contributed by atoms with E-state index in [2.05, 4.69) is 126 Å². The van der Waals surface area contributed by atoms with Crippen molar-refractivity contribution < 1.29 is 14.5 Å². The Bertz CT molecular complexity index is 1820. The van der Waals surface area contributed by atoms with Crippen LogP contribution in [0.4, 0.5) is 17.1 Å². The lowest BCUT2D eigenvalue weighted by Gasteiger charge is -2.35. The van der Waals surface area contributed by atoms with Crippen molar-refractivity contribution in [3.63, 3.8) is 0 Å². The fourth-order valence-corrected chi connectivity index (χ4v) is 7.44. The van der Waals surface area contributed by atoms with Crippen molar-refractivity contribution in [2.24, 2.45) is 0 Å². The van der Waals surface area contributed by atoms with Gasteiger partial charge in [0.15, 0.2) is 11.8 Å². The second-order valence-corrected chi connectivity index (χ2v) is 13.5. The minimum absolute atomic E-state index is 0.173. The van der Waals surface area contributed by atoms with Crippen molar-refractivity contribution in [3.8, 4) is 0 Å². The highest BCUT2D eigenvalue weighted by molar-refractivity contribution is 6.39. The Morgan fingerprint density at radius 1 is 0.708 bits per heavy atom. The van der Waals surface area contributed by atoms with Crippen LogP contribution >= 0.6 is 0 Å². The van der Waals surface area contributed by atoms with E-state index in [0.29, 0.717) is 23.2 Å². The Balaban J connectivity index is 1.47. The highest BCUT2D eigenvalue weighted by Gasteiger charge is 2.32. The van der Waals surface area contributed by atoms with Gasteiger partial charge >= 0.3 is 0 Å². The fourth-order valence-electron chi connectivity index (χ4n) is 7.44. The summed E-state index contributed by atoms with van der Waals surface area (Å²) in [5.74, 6) is -0.347. The van der Waals surface area contributed by atoms with Gasteiger partial charge in [-0.2, -0.15) is 4.58 Å². The first kappa shape index (κ1) is 34.9. The molecule has 2 unspecified atom stereocenters. The van der Waals surface area contributed by atoms with Crippen molar-refractivity contribution in [1.82, 2.24) is 0 Å². The Morgan fingerprint density at radius 3 is 1.88 bits per heavy atom. The van der Waals surface area contributed by atoms with E-state index < -0.39 is 0 Å². The third kappa shape index (κ3) is 6.90. The van der Waals surface area contributed by atoms with E-state index >= 15 is 0 Å². The minimum Gasteiger partial charge on any atom is -0.871 e. The molecule has 0 aliphatic heterocycles. The molecule has 0 saturated carbocycles. The van der Waals surface area contributed by atoms with E-state index in [-0.39, 0.29) is 22.7 Å². The van der Waals surface area contributed by atoms with Crippen LogP contribution in [0.2, 0.25) is 0 Å². The Labute approximate surface area is 288 Å². The van der Waals surface area contributed by atoms with E-state index in [1.807, 2.05) is 24.3 Å². The van der Waals surface area contributed by atoms with Crippen LogP contribution in [0.1, 0.15) is 94.0 Å². The van der Waals surface area contributed by atoms with Gasteiger partial charge in [0.1, 0.15) is 0 Å². The fraction of sp³-hybridized carbons (Fsp3) is 0.364. The van der Waals surface area contributed by atoms with Crippen molar-refractivity contribution in [3.05, 3.63) is 130 Å². The first-order chi connectivity index (χ1) is 23.1. The second-order valence-electron chi connectivity index (χ2n) is 13.5. The van der Waals surface area contributed by atoms with Crippen LogP contribution in [-0.2, 0) is 4.79 Å². The van der Waals surface area contributed by atoms with Crippen molar-refractivity contribution in [1.29, 1.82) is 0 Å². The number of nitrogens with zero attached hydrogens (tertiary/aromatic N) is 2. The molecule has 250 valence electrons. The zero-order chi connectivity index (χ0) is 34.5. The molecule has 5 rings (SSSR count). The Morgan fingerprint density at radius 2 is 1.33 bits per heavy atom. The number of aryl methyl sites for hydroxylation is 4. The molecule has 2 aliphatic rings. The lowest BCUT2D eigenvalue weighted by atomic mass is 9.80. The monoisotopic (exact) mass is 640 g/mol. The number of carbonyl (C=O) groups is 1. The molecule has 0 radical (unpaired) electrons. The quantitative estimate of drug-likeness (QED) is 0.146. The molecule has 3 aromatic rings. The highest BCUT2D eigenvalue weighted by Crippen LogP contribution is 2.40. The maximum absolute atomic E-state index is 13.6. The number of hydrogen-bond acceptors (Lipinski definition) is 3. The van der Waals surface area contributed by atoms with Gasteiger partial charge in [-0.25, -0.2) is 0 Å². The van der Waals surface area contributed by atoms with E-state index in [1.54, 1.807) is 0 Å². The molecule has 3 aromatic carbocycles. The van der Waals surface area contributed by atoms with Crippen LogP contribution in [0, 0.1) is 27.7 Å². The number of carbonyl (C=O) groups excluding carboxylic acids is 1. The molecule has 0 fully saturated rings. The molecule has 0 aromatic heterocycles. The minimum atomic E-state index is -0.173. The van der Waals surface area contributed by atoms with Crippen LogP contribution in [0.15, 0.2) is 102 Å². The summed E-state index contributed by atoms with van der Waals surface area (Å²) < 4.78 is 2.43. The van der Waals surface area contributed by atoms with Gasteiger partial charge in [-0.05, 0) is 100 Å². The molecule has 0 heterocycles.